The fourth-order valence-electron chi connectivity index (χ4n) is 4.53. The third-order valence-corrected chi connectivity index (χ3v) is 8.62. The lowest BCUT2D eigenvalue weighted by Crippen LogP contribution is -2.43. The number of anilines is 1. The van der Waals surface area contributed by atoms with E-state index in [4.69, 9.17) is 0 Å². The Kier molecular flexibility index (Phi) is 6.17. The average Bonchev–Trinajstić information content (AvgIpc) is 3.31. The van der Waals surface area contributed by atoms with Gasteiger partial charge in [0.1, 0.15) is 5.82 Å². The van der Waals surface area contributed by atoms with Gasteiger partial charge in [-0.05, 0) is 62.1 Å². The minimum atomic E-state index is -3.76. The average molecular weight is 489 g/mol. The smallest absolute Gasteiger partial charge is 0.243 e. The van der Waals surface area contributed by atoms with Crippen molar-refractivity contribution >= 4 is 32.7 Å². The lowest BCUT2D eigenvalue weighted by molar-refractivity contribution is -0.120. The number of benzene rings is 3. The first-order chi connectivity index (χ1) is 16.8. The van der Waals surface area contributed by atoms with Crippen LogP contribution in [0.15, 0.2) is 71.6 Å². The zero-order valence-corrected chi connectivity index (χ0v) is 20.6. The van der Waals surface area contributed by atoms with Crippen molar-refractivity contribution in [2.45, 2.75) is 31.6 Å². The van der Waals surface area contributed by atoms with Crippen LogP contribution in [0.25, 0.3) is 22.4 Å². The van der Waals surface area contributed by atoms with Gasteiger partial charge in [-0.3, -0.25) is 4.79 Å². The van der Waals surface area contributed by atoms with E-state index in [1.807, 2.05) is 62.4 Å². The molecule has 0 bridgehead atoms. The van der Waals surface area contributed by atoms with Crippen molar-refractivity contribution < 1.29 is 13.2 Å². The summed E-state index contributed by atoms with van der Waals surface area (Å²) in [6.45, 7) is 4.53. The number of sulfonamides is 1. The second-order valence-electron chi connectivity index (χ2n) is 9.07. The number of H-pyrrole nitrogens is 1. The van der Waals surface area contributed by atoms with Gasteiger partial charge >= 0.3 is 0 Å². The summed E-state index contributed by atoms with van der Waals surface area (Å²) in [5.41, 5.74) is 5.18. The number of aromatic nitrogens is 2. The Morgan fingerprint density at radius 1 is 1.06 bits per heavy atom. The second-order valence-corrected chi connectivity index (χ2v) is 11.0. The molecule has 180 valence electrons. The molecule has 0 radical (unpaired) electrons. The van der Waals surface area contributed by atoms with Gasteiger partial charge in [0.15, 0.2) is 0 Å². The summed E-state index contributed by atoms with van der Waals surface area (Å²) in [6, 6.07) is 20.4. The lowest BCUT2D eigenvalue weighted by Gasteiger charge is -2.31. The van der Waals surface area contributed by atoms with Gasteiger partial charge in [0.2, 0.25) is 15.9 Å². The summed E-state index contributed by atoms with van der Waals surface area (Å²) in [5, 5.41) is 3.00. The number of nitrogens with one attached hydrogen (secondary N) is 2. The molecule has 1 saturated heterocycles. The number of rotatable bonds is 5. The molecule has 1 aromatic heterocycles. The highest BCUT2D eigenvalue weighted by molar-refractivity contribution is 7.89. The molecule has 5 rings (SSSR count). The van der Waals surface area contributed by atoms with E-state index < -0.39 is 15.9 Å². The van der Waals surface area contributed by atoms with E-state index in [2.05, 4.69) is 15.3 Å². The molecule has 1 aliphatic heterocycles. The fraction of sp³-hybridized carbons (Fsp3) is 0.259. The molecule has 2 heterocycles. The van der Waals surface area contributed by atoms with Crippen LogP contribution in [0.2, 0.25) is 0 Å². The Hall–Kier alpha value is -3.49. The summed E-state index contributed by atoms with van der Waals surface area (Å²) in [6.07, 6.45) is 1.29. The van der Waals surface area contributed by atoms with Gasteiger partial charge in [-0.1, -0.05) is 42.5 Å². The minimum absolute atomic E-state index is 0.143. The lowest BCUT2D eigenvalue weighted by atomic mass is 9.98. The molecule has 0 spiro atoms. The van der Waals surface area contributed by atoms with Crippen molar-refractivity contribution in [3.8, 4) is 11.4 Å². The van der Waals surface area contributed by atoms with Gasteiger partial charge in [0, 0.05) is 24.3 Å². The van der Waals surface area contributed by atoms with Crippen LogP contribution >= 0.6 is 0 Å². The molecule has 1 atom stereocenters. The Bertz CT molecular complexity index is 1500. The number of fused-ring (bicyclic) bond motifs is 1. The number of hydrogen-bond donors (Lipinski definition) is 2. The van der Waals surface area contributed by atoms with E-state index >= 15 is 0 Å². The van der Waals surface area contributed by atoms with Crippen LogP contribution in [0, 0.1) is 19.8 Å². The maximum Gasteiger partial charge on any atom is 0.243 e. The topological polar surface area (TPSA) is 95.2 Å². The first-order valence-corrected chi connectivity index (χ1v) is 13.2. The van der Waals surface area contributed by atoms with Gasteiger partial charge in [0.05, 0.1) is 21.8 Å². The van der Waals surface area contributed by atoms with Gasteiger partial charge in [-0.2, -0.15) is 4.31 Å². The highest BCUT2D eigenvalue weighted by Gasteiger charge is 2.33. The molecule has 1 amide bonds. The maximum absolute atomic E-state index is 13.5. The van der Waals surface area contributed by atoms with Crippen molar-refractivity contribution in [3.05, 3.63) is 77.9 Å². The van der Waals surface area contributed by atoms with E-state index in [-0.39, 0.29) is 17.3 Å². The molecule has 0 unspecified atom stereocenters. The molecule has 8 heteroatoms. The maximum atomic E-state index is 13.5. The molecule has 1 fully saturated rings. The van der Waals surface area contributed by atoms with E-state index in [1.54, 1.807) is 18.2 Å². The number of carbonyl (C=O) groups is 1. The molecule has 1 aliphatic rings. The Morgan fingerprint density at radius 3 is 2.66 bits per heavy atom. The van der Waals surface area contributed by atoms with Gasteiger partial charge in [0.25, 0.3) is 0 Å². The van der Waals surface area contributed by atoms with Crippen LogP contribution in [0.4, 0.5) is 5.69 Å². The van der Waals surface area contributed by atoms with Crippen molar-refractivity contribution in [2.24, 2.45) is 5.92 Å². The number of aryl methyl sites for hydroxylation is 1. The normalized spacial score (nSPS) is 16.9. The fourth-order valence-corrected chi connectivity index (χ4v) is 6.08. The first kappa shape index (κ1) is 23.3. The van der Waals surface area contributed by atoms with Crippen LogP contribution in [-0.2, 0) is 14.8 Å². The minimum Gasteiger partial charge on any atom is -0.338 e. The molecule has 0 saturated carbocycles. The Labute approximate surface area is 205 Å². The number of piperidine rings is 1. The van der Waals surface area contributed by atoms with Crippen molar-refractivity contribution in [1.82, 2.24) is 14.3 Å². The molecule has 0 aliphatic carbocycles. The number of imidazole rings is 1. The standard InChI is InChI=1S/C27H28N4O3S/c1-18-8-6-12-23(19(18)2)30-27(32)21-11-7-15-31(17-21)35(33,34)22-13-14-24-25(16-22)29-26(28-24)20-9-4-3-5-10-20/h3-6,8-10,12-14,16,21H,7,11,15,17H2,1-2H3,(H,28,29)(H,30,32)/t21-/m0/s1. The van der Waals surface area contributed by atoms with Crippen LogP contribution in [-0.4, -0.2) is 41.7 Å². The molecule has 2 N–H and O–H groups in total. The highest BCUT2D eigenvalue weighted by Crippen LogP contribution is 2.28. The van der Waals surface area contributed by atoms with Crippen LogP contribution in [0.1, 0.15) is 24.0 Å². The van der Waals surface area contributed by atoms with E-state index in [0.29, 0.717) is 36.2 Å². The number of amides is 1. The number of aromatic amines is 1. The number of nitrogens with zero attached hydrogens (tertiary/aromatic N) is 2. The first-order valence-electron chi connectivity index (χ1n) is 11.8. The monoisotopic (exact) mass is 488 g/mol. The molecule has 3 aromatic carbocycles. The summed E-state index contributed by atoms with van der Waals surface area (Å²) in [5.74, 6) is 0.144. The van der Waals surface area contributed by atoms with Gasteiger partial charge in [-0.25, -0.2) is 13.4 Å². The molecule has 4 aromatic rings. The summed E-state index contributed by atoms with van der Waals surface area (Å²) >= 11 is 0. The number of carbonyl (C=O) groups excluding carboxylic acids is 1. The van der Waals surface area contributed by atoms with E-state index in [1.165, 1.54) is 4.31 Å². The predicted octanol–water partition coefficient (Wildman–Crippen LogP) is 4.89. The van der Waals surface area contributed by atoms with Crippen molar-refractivity contribution in [3.63, 3.8) is 0 Å². The van der Waals surface area contributed by atoms with E-state index in [9.17, 15) is 13.2 Å². The molecule has 35 heavy (non-hydrogen) atoms. The Morgan fingerprint density at radius 2 is 1.86 bits per heavy atom. The predicted molar refractivity (Wildman–Crippen MR) is 138 cm³/mol. The largest absolute Gasteiger partial charge is 0.338 e. The van der Waals surface area contributed by atoms with Crippen LogP contribution < -0.4 is 5.32 Å². The molecular weight excluding hydrogens is 460 g/mol. The summed E-state index contributed by atoms with van der Waals surface area (Å²) in [4.78, 5) is 21.0. The third-order valence-electron chi connectivity index (χ3n) is 6.76. The highest BCUT2D eigenvalue weighted by atomic mass is 32.2. The zero-order chi connectivity index (χ0) is 24.6. The van der Waals surface area contributed by atoms with Gasteiger partial charge < -0.3 is 10.3 Å². The molecule has 7 nitrogen and oxygen atoms in total. The van der Waals surface area contributed by atoms with Crippen LogP contribution in [0.5, 0.6) is 0 Å². The van der Waals surface area contributed by atoms with Gasteiger partial charge in [-0.15, -0.1) is 0 Å². The molecular formula is C27H28N4O3S. The third kappa shape index (κ3) is 4.59. The number of hydrogen-bond acceptors (Lipinski definition) is 4. The quantitative estimate of drug-likeness (QED) is 0.418. The Balaban J connectivity index is 1.36. The van der Waals surface area contributed by atoms with Crippen molar-refractivity contribution in [2.75, 3.05) is 18.4 Å². The summed E-state index contributed by atoms with van der Waals surface area (Å²) in [7, 11) is -3.76. The van der Waals surface area contributed by atoms with Crippen molar-refractivity contribution in [1.29, 1.82) is 0 Å². The zero-order valence-electron chi connectivity index (χ0n) is 19.8. The van der Waals surface area contributed by atoms with E-state index in [0.717, 1.165) is 22.4 Å². The summed E-state index contributed by atoms with van der Waals surface area (Å²) < 4.78 is 28.4. The second kappa shape index (κ2) is 9.28. The van der Waals surface area contributed by atoms with Crippen LogP contribution in [0.3, 0.4) is 0 Å². The SMILES string of the molecule is Cc1cccc(NC(=O)[C@H]2CCCN(S(=O)(=O)c3ccc4nc(-c5ccccc5)[nH]c4c3)C2)c1C.